The number of hydrogen-bond acceptors (Lipinski definition) is 4. The van der Waals surface area contributed by atoms with Crippen molar-refractivity contribution in [1.29, 1.82) is 0 Å². The minimum Gasteiger partial charge on any atom is -0.444 e. The van der Waals surface area contributed by atoms with Gasteiger partial charge in [-0.1, -0.05) is 12.8 Å². The molecule has 6 nitrogen and oxygen atoms in total. The van der Waals surface area contributed by atoms with Gasteiger partial charge in [-0.3, -0.25) is 4.72 Å². The molecule has 0 aromatic rings. The van der Waals surface area contributed by atoms with Gasteiger partial charge in [0.2, 0.25) is 0 Å². The average molecular weight is 261 g/mol. The fourth-order valence-corrected chi connectivity index (χ4v) is 1.63. The molecule has 7 heteroatoms. The van der Waals surface area contributed by atoms with Crippen LogP contribution in [0, 0.1) is 0 Å². The summed E-state index contributed by atoms with van der Waals surface area (Å²) in [5.74, 6) is 0. The molecule has 0 aromatic carbocycles. The first kappa shape index (κ1) is 14.0. The van der Waals surface area contributed by atoms with Crippen LogP contribution in [0.3, 0.4) is 0 Å². The van der Waals surface area contributed by atoms with Gasteiger partial charge in [-0.25, -0.2) is 9.59 Å². The maximum absolute atomic E-state index is 11.7. The Morgan fingerprint density at radius 1 is 1.12 bits per heavy atom. The zero-order chi connectivity index (χ0) is 13.1. The molecule has 0 radical (unpaired) electrons. The van der Waals surface area contributed by atoms with Crippen molar-refractivity contribution in [2.75, 3.05) is 26.2 Å². The summed E-state index contributed by atoms with van der Waals surface area (Å²) < 4.78 is 7.52. The molecule has 1 heterocycles. The molecular formula is C10H19N3O3S. The number of piperazine rings is 1. The van der Waals surface area contributed by atoms with Crippen LogP contribution in [0.5, 0.6) is 0 Å². The number of nitrogens with one attached hydrogen (secondary N) is 1. The van der Waals surface area contributed by atoms with E-state index in [-0.39, 0.29) is 12.1 Å². The van der Waals surface area contributed by atoms with Gasteiger partial charge < -0.3 is 14.5 Å². The first-order valence-electron chi connectivity index (χ1n) is 5.50. The Bertz CT molecular complexity index is 296. The van der Waals surface area contributed by atoms with Crippen molar-refractivity contribution in [1.82, 2.24) is 14.5 Å². The van der Waals surface area contributed by atoms with Crippen LogP contribution in [0.2, 0.25) is 0 Å². The smallest absolute Gasteiger partial charge is 0.410 e. The predicted octanol–water partition coefficient (Wildman–Crippen LogP) is 1.09. The largest absolute Gasteiger partial charge is 0.444 e. The summed E-state index contributed by atoms with van der Waals surface area (Å²) in [5.41, 5.74) is -0.489. The van der Waals surface area contributed by atoms with Crippen LogP contribution in [0.4, 0.5) is 9.59 Å². The molecule has 1 N–H and O–H groups in total. The highest BCUT2D eigenvalue weighted by atomic mass is 32.1. The van der Waals surface area contributed by atoms with Gasteiger partial charge in [0.15, 0.2) is 0 Å². The van der Waals surface area contributed by atoms with E-state index in [9.17, 15) is 9.59 Å². The van der Waals surface area contributed by atoms with E-state index in [1.54, 1.807) is 9.80 Å². The summed E-state index contributed by atoms with van der Waals surface area (Å²) >= 11 is 3.70. The van der Waals surface area contributed by atoms with Gasteiger partial charge in [-0.15, -0.1) is 0 Å². The molecule has 0 aromatic heterocycles. The third-order valence-electron chi connectivity index (χ3n) is 2.31. The Labute approximate surface area is 107 Å². The van der Waals surface area contributed by atoms with Gasteiger partial charge in [-0.2, -0.15) is 0 Å². The predicted molar refractivity (Wildman–Crippen MR) is 66.9 cm³/mol. The summed E-state index contributed by atoms with van der Waals surface area (Å²) in [6.07, 6.45) is -0.330. The molecule has 1 aliphatic rings. The van der Waals surface area contributed by atoms with Gasteiger partial charge in [-0.05, 0) is 20.8 Å². The third-order valence-corrected chi connectivity index (χ3v) is 2.51. The van der Waals surface area contributed by atoms with E-state index in [0.29, 0.717) is 26.2 Å². The first-order chi connectivity index (χ1) is 7.83. The van der Waals surface area contributed by atoms with Crippen LogP contribution in [0.15, 0.2) is 0 Å². The highest BCUT2D eigenvalue weighted by Crippen LogP contribution is 2.11. The second-order valence-corrected chi connectivity index (χ2v) is 5.10. The number of carbonyl (C=O) groups excluding carboxylic acids is 2. The van der Waals surface area contributed by atoms with E-state index < -0.39 is 5.60 Å². The molecule has 0 bridgehead atoms. The van der Waals surface area contributed by atoms with Crippen LogP contribution in [0.25, 0.3) is 0 Å². The molecular weight excluding hydrogens is 242 g/mol. The van der Waals surface area contributed by atoms with Gasteiger partial charge in [0.1, 0.15) is 5.60 Å². The molecule has 0 saturated carbocycles. The number of hydrogen-bond donors (Lipinski definition) is 2. The number of urea groups is 1. The molecule has 98 valence electrons. The summed E-state index contributed by atoms with van der Waals surface area (Å²) in [5, 5.41) is 0. The molecule has 0 atom stereocenters. The van der Waals surface area contributed by atoms with Crippen molar-refractivity contribution in [3.8, 4) is 0 Å². The molecule has 0 spiro atoms. The Kier molecular flexibility index (Phi) is 4.50. The van der Waals surface area contributed by atoms with Crippen molar-refractivity contribution in [2.45, 2.75) is 26.4 Å². The minimum absolute atomic E-state index is 0.239. The summed E-state index contributed by atoms with van der Waals surface area (Å²) in [4.78, 5) is 26.2. The lowest BCUT2D eigenvalue weighted by Gasteiger charge is -2.35. The number of amides is 3. The van der Waals surface area contributed by atoms with Crippen molar-refractivity contribution >= 4 is 24.9 Å². The second kappa shape index (κ2) is 5.48. The standard InChI is InChI=1S/C10H19N3O3S/c1-10(2,3)16-9(15)13-6-4-12(5-7-13)8(14)11-17/h17H,4-7H2,1-3H3,(H,11,14). The van der Waals surface area contributed by atoms with Gasteiger partial charge >= 0.3 is 12.1 Å². The van der Waals surface area contributed by atoms with Gasteiger partial charge in [0.05, 0.1) is 0 Å². The molecule has 1 rings (SSSR count). The Morgan fingerprint density at radius 3 is 2.00 bits per heavy atom. The Hall–Kier alpha value is -1.11. The summed E-state index contributed by atoms with van der Waals surface area (Å²) in [6.45, 7) is 7.43. The minimum atomic E-state index is -0.489. The van der Waals surface area contributed by atoms with E-state index in [4.69, 9.17) is 4.74 Å². The molecule has 0 aliphatic carbocycles. The van der Waals surface area contributed by atoms with Gasteiger partial charge in [0.25, 0.3) is 0 Å². The maximum Gasteiger partial charge on any atom is 0.410 e. The number of rotatable bonds is 0. The SMILES string of the molecule is CC(C)(C)OC(=O)N1CCN(C(=O)NS)CC1. The third kappa shape index (κ3) is 4.33. The normalized spacial score (nSPS) is 16.7. The highest BCUT2D eigenvalue weighted by molar-refractivity contribution is 7.78. The fraction of sp³-hybridized carbons (Fsp3) is 0.800. The monoisotopic (exact) mass is 261 g/mol. The van der Waals surface area contributed by atoms with Crippen molar-refractivity contribution < 1.29 is 14.3 Å². The zero-order valence-corrected chi connectivity index (χ0v) is 11.3. The molecule has 1 saturated heterocycles. The van der Waals surface area contributed by atoms with Crippen molar-refractivity contribution in [2.24, 2.45) is 0 Å². The van der Waals surface area contributed by atoms with Crippen molar-refractivity contribution in [3.05, 3.63) is 0 Å². The molecule has 1 aliphatic heterocycles. The van der Waals surface area contributed by atoms with Crippen LogP contribution < -0.4 is 4.72 Å². The topological polar surface area (TPSA) is 61.9 Å². The number of nitrogens with zero attached hydrogens (tertiary/aromatic N) is 2. The second-order valence-electron chi connectivity index (χ2n) is 4.87. The fourth-order valence-electron chi connectivity index (χ4n) is 1.49. The maximum atomic E-state index is 11.7. The molecule has 0 unspecified atom stereocenters. The first-order valence-corrected chi connectivity index (χ1v) is 5.95. The quantitative estimate of drug-likeness (QED) is 0.642. The lowest BCUT2D eigenvalue weighted by atomic mass is 10.2. The lowest BCUT2D eigenvalue weighted by Crippen LogP contribution is -2.52. The van der Waals surface area contributed by atoms with E-state index in [2.05, 4.69) is 17.5 Å². The zero-order valence-electron chi connectivity index (χ0n) is 10.4. The van der Waals surface area contributed by atoms with Crippen LogP contribution in [-0.4, -0.2) is 53.7 Å². The number of thiol groups is 1. The Morgan fingerprint density at radius 2 is 1.59 bits per heavy atom. The average Bonchev–Trinajstić information content (AvgIpc) is 2.26. The van der Waals surface area contributed by atoms with Crippen LogP contribution in [0.1, 0.15) is 20.8 Å². The van der Waals surface area contributed by atoms with Crippen molar-refractivity contribution in [3.63, 3.8) is 0 Å². The van der Waals surface area contributed by atoms with E-state index in [1.807, 2.05) is 20.8 Å². The van der Waals surface area contributed by atoms with Gasteiger partial charge in [0, 0.05) is 26.2 Å². The summed E-state index contributed by atoms with van der Waals surface area (Å²) in [7, 11) is 0. The number of ether oxygens (including phenoxy) is 1. The summed E-state index contributed by atoms with van der Waals surface area (Å²) in [6, 6.07) is -0.239. The highest BCUT2D eigenvalue weighted by Gasteiger charge is 2.27. The van der Waals surface area contributed by atoms with E-state index >= 15 is 0 Å². The Balaban J connectivity index is 2.42. The molecule has 17 heavy (non-hydrogen) atoms. The van der Waals surface area contributed by atoms with Crippen LogP contribution in [-0.2, 0) is 4.74 Å². The molecule has 3 amide bonds. The van der Waals surface area contributed by atoms with Crippen LogP contribution >= 0.6 is 12.8 Å². The van der Waals surface area contributed by atoms with E-state index in [1.165, 1.54) is 0 Å². The molecule has 1 fully saturated rings. The lowest BCUT2D eigenvalue weighted by molar-refractivity contribution is 0.0172. The number of carbonyl (C=O) groups is 2. The van der Waals surface area contributed by atoms with E-state index in [0.717, 1.165) is 0 Å².